The first-order valence-electron chi connectivity index (χ1n) is 10.2. The summed E-state index contributed by atoms with van der Waals surface area (Å²) in [6.07, 6.45) is 2.29. The van der Waals surface area contributed by atoms with Crippen LogP contribution < -0.4 is 4.74 Å². The third kappa shape index (κ3) is 5.82. The lowest BCUT2D eigenvalue weighted by Crippen LogP contribution is -2.23. The van der Waals surface area contributed by atoms with Crippen molar-refractivity contribution in [1.29, 1.82) is 10.8 Å². The number of hydrogen-bond acceptors (Lipinski definition) is 8. The van der Waals surface area contributed by atoms with Gasteiger partial charge in [0.15, 0.2) is 5.69 Å². The topological polar surface area (TPSA) is 127 Å². The Bertz CT molecular complexity index is 1160. The Hall–Kier alpha value is -4.09. The molecule has 34 heavy (non-hydrogen) atoms. The Morgan fingerprint density at radius 3 is 2.62 bits per heavy atom. The van der Waals surface area contributed by atoms with Gasteiger partial charge < -0.3 is 14.9 Å². The van der Waals surface area contributed by atoms with Crippen LogP contribution in [0.25, 0.3) is 0 Å². The summed E-state index contributed by atoms with van der Waals surface area (Å²) >= 11 is 0. The number of pyridine rings is 2. The third-order valence-corrected chi connectivity index (χ3v) is 4.69. The molecule has 0 aliphatic heterocycles. The summed E-state index contributed by atoms with van der Waals surface area (Å²) in [5, 5.41) is 19.4. The molecule has 0 radical (unpaired) electrons. The maximum absolute atomic E-state index is 12.9. The van der Waals surface area contributed by atoms with Gasteiger partial charge in [-0.05, 0) is 42.3 Å². The molecule has 1 atom stereocenters. The van der Waals surface area contributed by atoms with Crippen molar-refractivity contribution < 1.29 is 27.4 Å². The van der Waals surface area contributed by atoms with Crippen LogP contribution in [0.4, 0.5) is 13.2 Å². The van der Waals surface area contributed by atoms with Gasteiger partial charge >= 0.3 is 12.1 Å². The van der Waals surface area contributed by atoms with Gasteiger partial charge in [0.1, 0.15) is 11.4 Å². The third-order valence-electron chi connectivity index (χ3n) is 4.69. The molecule has 0 spiro atoms. The van der Waals surface area contributed by atoms with Crippen LogP contribution in [0.1, 0.15) is 40.0 Å². The molecule has 3 aromatic heterocycles. The summed E-state index contributed by atoms with van der Waals surface area (Å²) in [6.45, 7) is 1.93. The van der Waals surface area contributed by atoms with Crippen molar-refractivity contribution in [3.8, 4) is 5.88 Å². The number of alkyl halides is 3. The molecule has 0 aromatic carbocycles. The average Bonchev–Trinajstić information content (AvgIpc) is 3.32. The van der Waals surface area contributed by atoms with E-state index in [4.69, 9.17) is 20.3 Å². The first kappa shape index (κ1) is 24.6. The minimum atomic E-state index is -4.67. The van der Waals surface area contributed by atoms with Crippen molar-refractivity contribution >= 4 is 18.0 Å². The summed E-state index contributed by atoms with van der Waals surface area (Å²) in [6, 6.07) is 5.74. The maximum atomic E-state index is 12.9. The summed E-state index contributed by atoms with van der Waals surface area (Å²) in [7, 11) is 0. The monoisotopic (exact) mass is 474 g/mol. The second kappa shape index (κ2) is 10.7. The standard InChI is InChI=1S/C22H21F3N6O3/c1-2-33-21(32)16-11-15(13-29-20(16)34-10-6-14-3-7-28-8-4-14)17(12-26)19(27)31-9-5-18(30-31)22(23,24)25/h3-5,7-9,11-13,17,26-27H,2,6,10H2,1H3. The van der Waals surface area contributed by atoms with Crippen LogP contribution in [0.5, 0.6) is 5.88 Å². The number of hydrogen-bond donors (Lipinski definition) is 2. The Morgan fingerprint density at radius 1 is 1.26 bits per heavy atom. The summed E-state index contributed by atoms with van der Waals surface area (Å²) in [5.41, 5.74) is 0.00195. The number of ether oxygens (including phenoxy) is 2. The van der Waals surface area contributed by atoms with E-state index >= 15 is 0 Å². The first-order valence-corrected chi connectivity index (χ1v) is 10.2. The van der Waals surface area contributed by atoms with Crippen molar-refractivity contribution in [1.82, 2.24) is 19.7 Å². The predicted octanol–water partition coefficient (Wildman–Crippen LogP) is 3.75. The maximum Gasteiger partial charge on any atom is 0.435 e. The molecule has 0 fully saturated rings. The molecule has 0 aliphatic rings. The van der Waals surface area contributed by atoms with Crippen molar-refractivity contribution in [3.05, 3.63) is 71.4 Å². The van der Waals surface area contributed by atoms with Crippen LogP contribution >= 0.6 is 0 Å². The highest BCUT2D eigenvalue weighted by Gasteiger charge is 2.34. The van der Waals surface area contributed by atoms with Gasteiger partial charge in [-0.3, -0.25) is 10.4 Å². The molecule has 3 aromatic rings. The van der Waals surface area contributed by atoms with Crippen LogP contribution in [0.2, 0.25) is 0 Å². The highest BCUT2D eigenvalue weighted by Crippen LogP contribution is 2.28. The van der Waals surface area contributed by atoms with E-state index in [1.165, 1.54) is 12.3 Å². The molecule has 0 aliphatic carbocycles. The number of aromatic nitrogens is 4. The molecule has 9 nitrogen and oxygen atoms in total. The second-order valence-electron chi connectivity index (χ2n) is 6.97. The van der Waals surface area contributed by atoms with Gasteiger partial charge in [0.2, 0.25) is 5.88 Å². The fourth-order valence-corrected chi connectivity index (χ4v) is 3.01. The number of nitrogens with one attached hydrogen (secondary N) is 2. The number of halogens is 3. The molecule has 1 unspecified atom stereocenters. The van der Waals surface area contributed by atoms with Gasteiger partial charge in [-0.1, -0.05) is 0 Å². The van der Waals surface area contributed by atoms with Gasteiger partial charge in [-0.15, -0.1) is 0 Å². The highest BCUT2D eigenvalue weighted by atomic mass is 19.4. The Labute approximate surface area is 192 Å². The molecule has 0 saturated carbocycles. The zero-order valence-corrected chi connectivity index (χ0v) is 18.0. The number of nitrogens with zero attached hydrogens (tertiary/aromatic N) is 4. The van der Waals surface area contributed by atoms with E-state index in [1.807, 2.05) is 12.1 Å². The Kier molecular flexibility index (Phi) is 7.71. The van der Waals surface area contributed by atoms with E-state index in [-0.39, 0.29) is 30.2 Å². The fraction of sp³-hybridized carbons (Fsp3) is 0.273. The van der Waals surface area contributed by atoms with E-state index in [9.17, 15) is 18.0 Å². The van der Waals surface area contributed by atoms with Crippen molar-refractivity contribution in [2.75, 3.05) is 13.2 Å². The van der Waals surface area contributed by atoms with E-state index in [1.54, 1.807) is 19.3 Å². The summed E-state index contributed by atoms with van der Waals surface area (Å²) in [4.78, 5) is 20.6. The zero-order valence-electron chi connectivity index (χ0n) is 18.0. The second-order valence-corrected chi connectivity index (χ2v) is 6.97. The largest absolute Gasteiger partial charge is 0.477 e. The molecule has 178 valence electrons. The SMILES string of the molecule is CCOC(=O)c1cc(C(C=N)C(=N)n2ccc(C(F)(F)F)n2)cnc1OCCc1ccncc1. The molecule has 0 amide bonds. The van der Waals surface area contributed by atoms with Crippen molar-refractivity contribution in [2.24, 2.45) is 0 Å². The summed E-state index contributed by atoms with van der Waals surface area (Å²) in [5.74, 6) is -2.25. The first-order chi connectivity index (χ1) is 16.2. The normalized spacial score (nSPS) is 12.1. The smallest absolute Gasteiger partial charge is 0.435 e. The molecule has 0 bridgehead atoms. The van der Waals surface area contributed by atoms with Gasteiger partial charge in [0.25, 0.3) is 0 Å². The number of esters is 1. The average molecular weight is 474 g/mol. The predicted molar refractivity (Wildman–Crippen MR) is 116 cm³/mol. The number of rotatable bonds is 9. The highest BCUT2D eigenvalue weighted by molar-refractivity contribution is 6.01. The Morgan fingerprint density at radius 2 is 2.00 bits per heavy atom. The van der Waals surface area contributed by atoms with E-state index in [0.29, 0.717) is 6.42 Å². The van der Waals surface area contributed by atoms with Gasteiger partial charge in [0.05, 0.1) is 19.1 Å². The van der Waals surface area contributed by atoms with E-state index < -0.39 is 29.6 Å². The molecule has 12 heteroatoms. The molecular formula is C22H21F3N6O3. The van der Waals surface area contributed by atoms with Crippen LogP contribution in [0, 0.1) is 10.8 Å². The lowest BCUT2D eigenvalue weighted by Gasteiger charge is -2.16. The van der Waals surface area contributed by atoms with Crippen LogP contribution in [0.3, 0.4) is 0 Å². The van der Waals surface area contributed by atoms with Crippen LogP contribution in [-0.2, 0) is 17.3 Å². The molecule has 3 rings (SSSR count). The minimum Gasteiger partial charge on any atom is -0.477 e. The van der Waals surface area contributed by atoms with E-state index in [0.717, 1.165) is 28.7 Å². The number of carbonyl (C=O) groups excluding carboxylic acids is 1. The van der Waals surface area contributed by atoms with Crippen molar-refractivity contribution in [2.45, 2.75) is 25.4 Å². The number of carbonyl (C=O) groups is 1. The molecule has 0 saturated heterocycles. The molecule has 3 heterocycles. The molecule has 2 N–H and O–H groups in total. The van der Waals surface area contributed by atoms with Crippen LogP contribution in [0.15, 0.2) is 49.1 Å². The fourth-order valence-electron chi connectivity index (χ4n) is 3.01. The summed E-state index contributed by atoms with van der Waals surface area (Å²) < 4.78 is 50.1. The van der Waals surface area contributed by atoms with Crippen LogP contribution in [-0.4, -0.2) is 51.0 Å². The lowest BCUT2D eigenvalue weighted by molar-refractivity contribution is -0.141. The minimum absolute atomic E-state index is 0.00460. The van der Waals surface area contributed by atoms with Crippen molar-refractivity contribution in [3.63, 3.8) is 0 Å². The van der Waals surface area contributed by atoms with E-state index in [2.05, 4.69) is 15.1 Å². The quantitative estimate of drug-likeness (QED) is 0.276. The van der Waals surface area contributed by atoms with Gasteiger partial charge in [-0.2, -0.15) is 18.3 Å². The van der Waals surface area contributed by atoms with Gasteiger partial charge in [-0.25, -0.2) is 14.5 Å². The molecular weight excluding hydrogens is 453 g/mol. The lowest BCUT2D eigenvalue weighted by atomic mass is 9.99. The van der Waals surface area contributed by atoms with Gasteiger partial charge in [0, 0.05) is 37.4 Å². The Balaban J connectivity index is 1.85. The zero-order chi connectivity index (χ0) is 24.7.